The number of hydrogen-bond donors (Lipinski definition) is 0. The van der Waals surface area contributed by atoms with E-state index in [-0.39, 0.29) is 11.9 Å². The fourth-order valence-corrected chi connectivity index (χ4v) is 2.37. The van der Waals surface area contributed by atoms with Crippen LogP contribution >= 0.6 is 0 Å². The highest BCUT2D eigenvalue weighted by atomic mass is 16.6. The molecule has 1 fully saturated rings. The monoisotopic (exact) mass is 281 g/mol. The van der Waals surface area contributed by atoms with Crippen molar-refractivity contribution in [1.82, 2.24) is 4.90 Å². The third kappa shape index (κ3) is 6.73. The van der Waals surface area contributed by atoms with Gasteiger partial charge in [-0.05, 0) is 65.4 Å². The first-order chi connectivity index (χ1) is 9.28. The molecule has 1 saturated heterocycles. The molecule has 4 nitrogen and oxygen atoms in total. The molecule has 1 atom stereocenters. The number of allylic oxidation sites excluding steroid dienone is 2. The van der Waals surface area contributed by atoms with Crippen molar-refractivity contribution in [3.63, 3.8) is 0 Å². The van der Waals surface area contributed by atoms with Crippen molar-refractivity contribution < 1.29 is 14.3 Å². The van der Waals surface area contributed by atoms with Crippen LogP contribution < -0.4 is 0 Å². The van der Waals surface area contributed by atoms with Gasteiger partial charge in [0.2, 0.25) is 0 Å². The number of ketones is 1. The summed E-state index contributed by atoms with van der Waals surface area (Å²) in [4.78, 5) is 24.7. The van der Waals surface area contributed by atoms with E-state index >= 15 is 0 Å². The molecule has 4 heteroatoms. The van der Waals surface area contributed by atoms with Gasteiger partial charge >= 0.3 is 6.09 Å². The van der Waals surface area contributed by atoms with E-state index in [1.165, 1.54) is 0 Å². The highest BCUT2D eigenvalue weighted by Crippen LogP contribution is 2.22. The zero-order valence-corrected chi connectivity index (χ0v) is 13.1. The zero-order valence-electron chi connectivity index (χ0n) is 13.1. The summed E-state index contributed by atoms with van der Waals surface area (Å²) in [5.74, 6) is 0.594. The minimum Gasteiger partial charge on any atom is -0.444 e. The summed E-state index contributed by atoms with van der Waals surface area (Å²) in [6.45, 7) is 8.77. The van der Waals surface area contributed by atoms with Crippen LogP contribution in [0.25, 0.3) is 0 Å². The van der Waals surface area contributed by atoms with Crippen molar-refractivity contribution in [1.29, 1.82) is 0 Å². The van der Waals surface area contributed by atoms with Crippen molar-refractivity contribution in [2.75, 3.05) is 13.1 Å². The second-order valence-electron chi connectivity index (χ2n) is 6.52. The summed E-state index contributed by atoms with van der Waals surface area (Å²) >= 11 is 0. The molecular weight excluding hydrogens is 254 g/mol. The Morgan fingerprint density at radius 3 is 2.65 bits per heavy atom. The number of likely N-dealkylation sites (tertiary alicyclic amines) is 1. The second-order valence-corrected chi connectivity index (χ2v) is 6.52. The number of carbonyl (C=O) groups excluding carboxylic acids is 2. The van der Waals surface area contributed by atoms with Crippen molar-refractivity contribution >= 4 is 11.9 Å². The van der Waals surface area contributed by atoms with Gasteiger partial charge in [0.1, 0.15) is 5.60 Å². The lowest BCUT2D eigenvalue weighted by atomic mass is 9.93. The van der Waals surface area contributed by atoms with E-state index in [1.54, 1.807) is 13.0 Å². The molecule has 0 aromatic heterocycles. The Kier molecular flexibility index (Phi) is 6.24. The Hall–Kier alpha value is -1.32. The Balaban J connectivity index is 2.38. The first-order valence-electron chi connectivity index (χ1n) is 7.43. The molecule has 0 radical (unpaired) electrons. The average molecular weight is 281 g/mol. The van der Waals surface area contributed by atoms with Crippen molar-refractivity contribution in [2.24, 2.45) is 5.92 Å². The molecule has 0 aromatic rings. The summed E-state index contributed by atoms with van der Waals surface area (Å²) in [5.41, 5.74) is -0.436. The Bertz CT molecular complexity index is 368. The van der Waals surface area contributed by atoms with Crippen LogP contribution in [0.5, 0.6) is 0 Å². The first-order valence-corrected chi connectivity index (χ1v) is 7.43. The summed E-state index contributed by atoms with van der Waals surface area (Å²) in [5, 5.41) is 0. The van der Waals surface area contributed by atoms with Gasteiger partial charge in [-0.1, -0.05) is 6.08 Å². The smallest absolute Gasteiger partial charge is 0.410 e. The number of ether oxygens (including phenoxy) is 1. The van der Waals surface area contributed by atoms with Crippen molar-refractivity contribution in [3.05, 3.63) is 12.2 Å². The largest absolute Gasteiger partial charge is 0.444 e. The number of rotatable bonds is 4. The summed E-state index contributed by atoms with van der Waals surface area (Å²) in [6.07, 6.45) is 7.42. The topological polar surface area (TPSA) is 46.6 Å². The van der Waals surface area contributed by atoms with Gasteiger partial charge in [0.15, 0.2) is 5.78 Å². The lowest BCUT2D eigenvalue weighted by Gasteiger charge is -2.34. The second kappa shape index (κ2) is 7.46. The van der Waals surface area contributed by atoms with Crippen molar-refractivity contribution in [2.45, 2.75) is 59.0 Å². The SMILES string of the molecule is CC(=O)/C=C/CCC1CCCN(C(=O)OC(C)(C)C)C1. The molecule has 1 rings (SSSR count). The van der Waals surface area contributed by atoms with Crippen molar-refractivity contribution in [3.8, 4) is 0 Å². The minimum absolute atomic E-state index is 0.0871. The molecule has 1 heterocycles. The molecule has 0 saturated carbocycles. The predicted octanol–water partition coefficient (Wildman–Crippen LogP) is 3.56. The number of hydrogen-bond acceptors (Lipinski definition) is 3. The van der Waals surface area contributed by atoms with Gasteiger partial charge in [0.25, 0.3) is 0 Å². The summed E-state index contributed by atoms with van der Waals surface area (Å²) in [7, 11) is 0. The molecule has 1 amide bonds. The van der Waals surface area contributed by atoms with Gasteiger partial charge in [0.05, 0.1) is 0 Å². The van der Waals surface area contributed by atoms with Crippen LogP contribution in [0.4, 0.5) is 4.79 Å². The standard InChI is InChI=1S/C16H27NO3/c1-13(18)8-5-6-9-14-10-7-11-17(12-14)15(19)20-16(2,3)4/h5,8,14H,6-7,9-12H2,1-4H3/b8-5+. The lowest BCUT2D eigenvalue weighted by molar-refractivity contribution is -0.112. The first kappa shape index (κ1) is 16.7. The maximum absolute atomic E-state index is 12.0. The Labute approximate surface area is 122 Å². The van der Waals surface area contributed by atoms with Crippen LogP contribution in [0, 0.1) is 5.92 Å². The predicted molar refractivity (Wildman–Crippen MR) is 79.6 cm³/mol. The van der Waals surface area contributed by atoms with Crippen LogP contribution in [0.15, 0.2) is 12.2 Å². The number of amides is 1. The molecule has 114 valence electrons. The normalized spacial score (nSPS) is 20.2. The molecule has 0 aliphatic carbocycles. The highest BCUT2D eigenvalue weighted by molar-refractivity contribution is 5.87. The minimum atomic E-state index is -0.436. The van der Waals surface area contributed by atoms with E-state index in [9.17, 15) is 9.59 Å². The quantitative estimate of drug-likeness (QED) is 0.740. The number of nitrogens with zero attached hydrogens (tertiary/aromatic N) is 1. The molecule has 1 aliphatic heterocycles. The molecular formula is C16H27NO3. The zero-order chi connectivity index (χ0) is 15.2. The van der Waals surface area contributed by atoms with Crippen LogP contribution in [-0.4, -0.2) is 35.5 Å². The highest BCUT2D eigenvalue weighted by Gasteiger charge is 2.27. The number of piperidine rings is 1. The van der Waals surface area contributed by atoms with Gasteiger partial charge in [-0.25, -0.2) is 4.79 Å². The fourth-order valence-electron chi connectivity index (χ4n) is 2.37. The van der Waals surface area contributed by atoms with Gasteiger partial charge in [-0.2, -0.15) is 0 Å². The third-order valence-electron chi connectivity index (χ3n) is 3.26. The van der Waals surface area contributed by atoms with Gasteiger partial charge < -0.3 is 9.64 Å². The van der Waals surface area contributed by atoms with Crippen LogP contribution in [0.2, 0.25) is 0 Å². The Morgan fingerprint density at radius 2 is 2.05 bits per heavy atom. The van der Waals surface area contributed by atoms with E-state index < -0.39 is 5.60 Å². The van der Waals surface area contributed by atoms with E-state index in [0.29, 0.717) is 5.92 Å². The number of carbonyl (C=O) groups is 2. The van der Waals surface area contributed by atoms with Crippen LogP contribution in [0.3, 0.4) is 0 Å². The van der Waals surface area contributed by atoms with E-state index in [1.807, 2.05) is 31.7 Å². The molecule has 1 aliphatic rings. The lowest BCUT2D eigenvalue weighted by Crippen LogP contribution is -2.42. The third-order valence-corrected chi connectivity index (χ3v) is 3.26. The van der Waals surface area contributed by atoms with Gasteiger partial charge in [-0.15, -0.1) is 0 Å². The Morgan fingerprint density at radius 1 is 1.35 bits per heavy atom. The molecule has 20 heavy (non-hydrogen) atoms. The van der Waals surface area contributed by atoms with E-state index in [0.717, 1.165) is 38.8 Å². The summed E-state index contributed by atoms with van der Waals surface area (Å²) in [6, 6.07) is 0. The molecule has 0 aromatic carbocycles. The van der Waals surface area contributed by atoms with E-state index in [2.05, 4.69) is 0 Å². The van der Waals surface area contributed by atoms with Gasteiger partial charge in [0, 0.05) is 13.1 Å². The average Bonchev–Trinajstić information content (AvgIpc) is 2.33. The maximum atomic E-state index is 12.0. The van der Waals surface area contributed by atoms with Crippen LogP contribution in [-0.2, 0) is 9.53 Å². The maximum Gasteiger partial charge on any atom is 0.410 e. The molecule has 1 unspecified atom stereocenters. The fraction of sp³-hybridized carbons (Fsp3) is 0.750. The molecule has 0 bridgehead atoms. The van der Waals surface area contributed by atoms with E-state index in [4.69, 9.17) is 4.74 Å². The molecule has 0 spiro atoms. The summed E-state index contributed by atoms with van der Waals surface area (Å²) < 4.78 is 5.41. The van der Waals surface area contributed by atoms with Crippen LogP contribution in [0.1, 0.15) is 53.4 Å². The molecule has 0 N–H and O–H groups in total. The van der Waals surface area contributed by atoms with Gasteiger partial charge in [-0.3, -0.25) is 4.79 Å².